The normalized spacial score (nSPS) is 18.8. The lowest BCUT2D eigenvalue weighted by molar-refractivity contribution is -0.129. The van der Waals surface area contributed by atoms with Crippen LogP contribution in [0.15, 0.2) is 24.3 Å². The van der Waals surface area contributed by atoms with Crippen LogP contribution in [0.25, 0.3) is 0 Å². The first-order chi connectivity index (χ1) is 9.66. The Morgan fingerprint density at radius 2 is 2.20 bits per heavy atom. The van der Waals surface area contributed by atoms with E-state index >= 15 is 0 Å². The van der Waals surface area contributed by atoms with Gasteiger partial charge in [0.25, 0.3) is 0 Å². The summed E-state index contributed by atoms with van der Waals surface area (Å²) in [5.41, 5.74) is 0.889. The first-order valence-corrected chi connectivity index (χ1v) is 7.63. The van der Waals surface area contributed by atoms with Gasteiger partial charge in [-0.15, -0.1) is 0 Å². The van der Waals surface area contributed by atoms with Crippen molar-refractivity contribution in [3.05, 3.63) is 34.9 Å². The molecule has 1 amide bonds. The molecule has 20 heavy (non-hydrogen) atoms. The average Bonchev–Trinajstić information content (AvgIpc) is 2.48. The highest BCUT2D eigenvalue weighted by Gasteiger charge is 2.17. The number of carbonyl (C=O) groups excluding carboxylic acids is 1. The molecule has 0 N–H and O–H groups in total. The molecule has 1 fully saturated rings. The molecule has 4 heteroatoms. The number of rotatable bonds is 5. The molecule has 1 aromatic carbocycles. The lowest BCUT2D eigenvalue weighted by atomic mass is 10.1. The number of hydrogen-bond acceptors (Lipinski definition) is 2. The molecule has 0 radical (unpaired) electrons. The second-order valence-electron chi connectivity index (χ2n) is 5.36. The van der Waals surface area contributed by atoms with E-state index in [1.54, 1.807) is 4.90 Å². The van der Waals surface area contributed by atoms with E-state index in [1.165, 1.54) is 6.42 Å². The Morgan fingerprint density at radius 3 is 2.90 bits per heavy atom. The Bertz CT molecular complexity index is 444. The van der Waals surface area contributed by atoms with Gasteiger partial charge in [-0.1, -0.05) is 29.8 Å². The van der Waals surface area contributed by atoms with Gasteiger partial charge in [-0.3, -0.25) is 4.79 Å². The van der Waals surface area contributed by atoms with Crippen LogP contribution >= 0.6 is 11.6 Å². The summed E-state index contributed by atoms with van der Waals surface area (Å²) >= 11 is 6.08. The van der Waals surface area contributed by atoms with Crippen molar-refractivity contribution in [3.63, 3.8) is 0 Å². The van der Waals surface area contributed by atoms with Crippen LogP contribution in [-0.2, 0) is 16.0 Å². The minimum Gasteiger partial charge on any atom is -0.378 e. The average molecular weight is 296 g/mol. The summed E-state index contributed by atoms with van der Waals surface area (Å²) in [6.07, 6.45) is 5.12. The molecule has 3 nitrogen and oxygen atoms in total. The molecular formula is C16H22ClNO2. The van der Waals surface area contributed by atoms with Gasteiger partial charge in [-0.05, 0) is 37.3 Å². The number of nitrogens with zero attached hydrogens (tertiary/aromatic N) is 1. The third kappa shape index (κ3) is 4.50. The SMILES string of the molecule is CN(CCC1CCCCO1)C(=O)Cc1ccccc1Cl. The Labute approximate surface area is 125 Å². The highest BCUT2D eigenvalue weighted by molar-refractivity contribution is 6.31. The first-order valence-electron chi connectivity index (χ1n) is 7.26. The van der Waals surface area contributed by atoms with Gasteiger partial charge >= 0.3 is 0 Å². The summed E-state index contributed by atoms with van der Waals surface area (Å²) in [6.45, 7) is 1.61. The lowest BCUT2D eigenvalue weighted by Gasteiger charge is -2.25. The molecule has 1 heterocycles. The zero-order chi connectivity index (χ0) is 14.4. The van der Waals surface area contributed by atoms with Crippen LogP contribution in [0.5, 0.6) is 0 Å². The third-order valence-electron chi connectivity index (χ3n) is 3.79. The number of amides is 1. The van der Waals surface area contributed by atoms with E-state index in [0.717, 1.165) is 38.0 Å². The third-order valence-corrected chi connectivity index (χ3v) is 4.15. The predicted molar refractivity (Wildman–Crippen MR) is 81.0 cm³/mol. The van der Waals surface area contributed by atoms with Gasteiger partial charge in [-0.25, -0.2) is 0 Å². The summed E-state index contributed by atoms with van der Waals surface area (Å²) in [4.78, 5) is 13.9. The number of likely N-dealkylation sites (N-methyl/N-ethyl adjacent to an activating group) is 1. The first kappa shape index (κ1) is 15.3. The van der Waals surface area contributed by atoms with Crippen LogP contribution in [0, 0.1) is 0 Å². The summed E-state index contributed by atoms with van der Waals surface area (Å²) in [5, 5.41) is 0.657. The molecule has 110 valence electrons. The Hall–Kier alpha value is -1.06. The molecule has 1 unspecified atom stereocenters. The number of ether oxygens (including phenoxy) is 1. The monoisotopic (exact) mass is 295 g/mol. The molecule has 2 rings (SSSR count). The van der Waals surface area contributed by atoms with Crippen molar-refractivity contribution in [2.45, 2.75) is 38.2 Å². The van der Waals surface area contributed by atoms with Crippen LogP contribution in [0.3, 0.4) is 0 Å². The largest absolute Gasteiger partial charge is 0.378 e. The molecule has 1 aliphatic heterocycles. The van der Waals surface area contributed by atoms with Gasteiger partial charge in [0.15, 0.2) is 0 Å². The Kier molecular flexibility index (Phi) is 5.86. The molecular weight excluding hydrogens is 274 g/mol. The highest BCUT2D eigenvalue weighted by Crippen LogP contribution is 2.18. The van der Waals surface area contributed by atoms with E-state index in [-0.39, 0.29) is 5.91 Å². The second kappa shape index (κ2) is 7.65. The van der Waals surface area contributed by atoms with Gasteiger partial charge in [-0.2, -0.15) is 0 Å². The van der Waals surface area contributed by atoms with Gasteiger partial charge in [0.2, 0.25) is 5.91 Å². The van der Waals surface area contributed by atoms with Gasteiger partial charge in [0.1, 0.15) is 0 Å². The van der Waals surface area contributed by atoms with Crippen molar-refractivity contribution in [3.8, 4) is 0 Å². The van der Waals surface area contributed by atoms with Gasteiger partial charge in [0, 0.05) is 25.2 Å². The topological polar surface area (TPSA) is 29.5 Å². The summed E-state index contributed by atoms with van der Waals surface area (Å²) < 4.78 is 5.69. The zero-order valence-electron chi connectivity index (χ0n) is 12.0. The van der Waals surface area contributed by atoms with Gasteiger partial charge < -0.3 is 9.64 Å². The van der Waals surface area contributed by atoms with Gasteiger partial charge in [0.05, 0.1) is 12.5 Å². The fourth-order valence-corrected chi connectivity index (χ4v) is 2.64. The molecule has 0 saturated carbocycles. The molecule has 1 atom stereocenters. The number of halogens is 1. The van der Waals surface area contributed by atoms with Crippen LogP contribution in [-0.4, -0.2) is 37.1 Å². The Balaban J connectivity index is 1.78. The second-order valence-corrected chi connectivity index (χ2v) is 5.77. The minimum atomic E-state index is 0.105. The smallest absolute Gasteiger partial charge is 0.226 e. The lowest BCUT2D eigenvalue weighted by Crippen LogP contribution is -2.32. The van der Waals surface area contributed by atoms with Crippen molar-refractivity contribution in [1.82, 2.24) is 4.90 Å². The number of hydrogen-bond donors (Lipinski definition) is 0. The predicted octanol–water partition coefficient (Wildman–Crippen LogP) is 3.30. The summed E-state index contributed by atoms with van der Waals surface area (Å²) in [7, 11) is 1.85. The molecule has 0 bridgehead atoms. The van der Waals surface area contributed by atoms with Crippen molar-refractivity contribution >= 4 is 17.5 Å². The van der Waals surface area contributed by atoms with Crippen molar-refractivity contribution in [2.75, 3.05) is 20.2 Å². The highest BCUT2D eigenvalue weighted by atomic mass is 35.5. The van der Waals surface area contributed by atoms with Crippen LogP contribution in [0.1, 0.15) is 31.2 Å². The van der Waals surface area contributed by atoms with E-state index < -0.39 is 0 Å². The van der Waals surface area contributed by atoms with E-state index in [1.807, 2.05) is 31.3 Å². The van der Waals surface area contributed by atoms with Crippen LogP contribution < -0.4 is 0 Å². The van der Waals surface area contributed by atoms with E-state index in [4.69, 9.17) is 16.3 Å². The Morgan fingerprint density at radius 1 is 1.40 bits per heavy atom. The van der Waals surface area contributed by atoms with Crippen LogP contribution in [0.2, 0.25) is 5.02 Å². The molecule has 1 saturated heterocycles. The van der Waals surface area contributed by atoms with Crippen molar-refractivity contribution in [1.29, 1.82) is 0 Å². The van der Waals surface area contributed by atoms with E-state index in [2.05, 4.69) is 0 Å². The molecule has 1 aliphatic rings. The quantitative estimate of drug-likeness (QED) is 0.834. The molecule has 1 aromatic rings. The fraction of sp³-hybridized carbons (Fsp3) is 0.562. The molecule has 0 aliphatic carbocycles. The minimum absolute atomic E-state index is 0.105. The maximum Gasteiger partial charge on any atom is 0.226 e. The zero-order valence-corrected chi connectivity index (χ0v) is 12.7. The number of carbonyl (C=O) groups is 1. The fourth-order valence-electron chi connectivity index (χ4n) is 2.44. The molecule has 0 aromatic heterocycles. The maximum absolute atomic E-state index is 12.2. The van der Waals surface area contributed by atoms with Crippen molar-refractivity contribution < 1.29 is 9.53 Å². The van der Waals surface area contributed by atoms with E-state index in [0.29, 0.717) is 17.5 Å². The van der Waals surface area contributed by atoms with Crippen molar-refractivity contribution in [2.24, 2.45) is 0 Å². The standard InChI is InChI=1S/C16H22ClNO2/c1-18(10-9-14-7-4-5-11-20-14)16(19)12-13-6-2-3-8-15(13)17/h2-3,6,8,14H,4-5,7,9-12H2,1H3. The van der Waals surface area contributed by atoms with Crippen LogP contribution in [0.4, 0.5) is 0 Å². The summed E-state index contributed by atoms with van der Waals surface area (Å²) in [6, 6.07) is 7.50. The summed E-state index contributed by atoms with van der Waals surface area (Å²) in [5.74, 6) is 0.105. The molecule has 0 spiro atoms. The maximum atomic E-state index is 12.2. The van der Waals surface area contributed by atoms with E-state index in [9.17, 15) is 4.79 Å². The number of benzene rings is 1.